The summed E-state index contributed by atoms with van der Waals surface area (Å²) in [7, 11) is 0. The highest BCUT2D eigenvalue weighted by atomic mass is 16.5. The number of ether oxygens (including phenoxy) is 1. The van der Waals surface area contributed by atoms with Crippen LogP contribution in [0.15, 0.2) is 18.2 Å². The zero-order valence-corrected chi connectivity index (χ0v) is 12.5. The Bertz CT molecular complexity index is 477. The van der Waals surface area contributed by atoms with Crippen LogP contribution in [0.3, 0.4) is 0 Å². The van der Waals surface area contributed by atoms with Crippen molar-refractivity contribution in [1.29, 1.82) is 0 Å². The molecule has 1 aliphatic heterocycles. The van der Waals surface area contributed by atoms with Crippen molar-refractivity contribution < 1.29 is 14.6 Å². The number of hydrogen-bond acceptors (Lipinski definition) is 4. The maximum Gasteiger partial charge on any atom is 0.303 e. The van der Waals surface area contributed by atoms with Crippen LogP contribution in [0.2, 0.25) is 0 Å². The minimum Gasteiger partial charge on any atom is -0.486 e. The molecule has 0 fully saturated rings. The first-order valence-electron chi connectivity index (χ1n) is 7.65. The molecular weight excluding hydrogens is 268 g/mol. The fourth-order valence-corrected chi connectivity index (χ4v) is 2.37. The Kier molecular flexibility index (Phi) is 5.87. The molecule has 3 N–H and O–H groups in total. The summed E-state index contributed by atoms with van der Waals surface area (Å²) in [6.07, 6.45) is 3.10. The van der Waals surface area contributed by atoms with E-state index in [9.17, 15) is 4.79 Å². The molecular formula is C16H24N2O3. The van der Waals surface area contributed by atoms with Crippen molar-refractivity contribution in [1.82, 2.24) is 5.32 Å². The molecule has 0 saturated heterocycles. The van der Waals surface area contributed by atoms with Crippen molar-refractivity contribution in [2.75, 3.05) is 25.0 Å². The van der Waals surface area contributed by atoms with Crippen LogP contribution < -0.4 is 15.4 Å². The van der Waals surface area contributed by atoms with Gasteiger partial charge in [-0.3, -0.25) is 4.79 Å². The number of benzene rings is 1. The molecule has 1 aliphatic rings. The van der Waals surface area contributed by atoms with Crippen molar-refractivity contribution in [3.63, 3.8) is 0 Å². The molecule has 2 rings (SSSR count). The number of carboxylic acids is 1. The highest BCUT2D eigenvalue weighted by Crippen LogP contribution is 2.30. The van der Waals surface area contributed by atoms with Gasteiger partial charge in [0.2, 0.25) is 0 Å². The summed E-state index contributed by atoms with van der Waals surface area (Å²) in [6.45, 7) is 4.59. The normalized spacial score (nSPS) is 16.7. The first-order chi connectivity index (χ1) is 10.2. The van der Waals surface area contributed by atoms with Crippen LogP contribution in [-0.4, -0.2) is 36.8 Å². The van der Waals surface area contributed by atoms with Gasteiger partial charge >= 0.3 is 5.97 Å². The topological polar surface area (TPSA) is 70.6 Å². The quantitative estimate of drug-likeness (QED) is 0.641. The minimum atomic E-state index is -0.733. The largest absolute Gasteiger partial charge is 0.486 e. The van der Waals surface area contributed by atoms with Crippen molar-refractivity contribution in [3.05, 3.63) is 23.8 Å². The van der Waals surface area contributed by atoms with E-state index in [1.165, 1.54) is 5.56 Å². The number of carbonyl (C=O) groups is 1. The van der Waals surface area contributed by atoms with Crippen molar-refractivity contribution in [2.24, 2.45) is 0 Å². The molecule has 0 bridgehead atoms. The van der Waals surface area contributed by atoms with Gasteiger partial charge in [-0.2, -0.15) is 0 Å². The maximum atomic E-state index is 10.4. The Labute approximate surface area is 125 Å². The molecule has 0 amide bonds. The van der Waals surface area contributed by atoms with E-state index in [0.29, 0.717) is 6.42 Å². The van der Waals surface area contributed by atoms with E-state index >= 15 is 0 Å². The number of nitrogens with one attached hydrogen (secondary N) is 2. The molecule has 116 valence electrons. The molecule has 5 heteroatoms. The third-order valence-electron chi connectivity index (χ3n) is 3.65. The molecule has 1 aromatic rings. The summed E-state index contributed by atoms with van der Waals surface area (Å²) in [4.78, 5) is 10.4. The Balaban J connectivity index is 1.74. The minimum absolute atomic E-state index is 0.228. The van der Waals surface area contributed by atoms with Gasteiger partial charge < -0.3 is 20.5 Å². The second kappa shape index (κ2) is 7.88. The van der Waals surface area contributed by atoms with Crippen molar-refractivity contribution >= 4 is 11.7 Å². The predicted molar refractivity (Wildman–Crippen MR) is 83.1 cm³/mol. The summed E-state index contributed by atoms with van der Waals surface area (Å²) in [5.41, 5.74) is 2.33. The molecule has 1 aromatic carbocycles. The fraction of sp³-hybridized carbons (Fsp3) is 0.562. The zero-order valence-electron chi connectivity index (χ0n) is 12.5. The number of aliphatic carboxylic acids is 1. The standard InChI is InChI=1S/C16H24N2O3/c1-2-13-11-18-14-10-12(5-6-15(14)21-13)7-9-17-8-3-4-16(19)20/h5-6,10,13,17-18H,2-4,7-9,11H2,1H3,(H,19,20). The van der Waals surface area contributed by atoms with Gasteiger partial charge in [-0.05, 0) is 50.0 Å². The van der Waals surface area contributed by atoms with Crippen LogP contribution in [0.1, 0.15) is 31.7 Å². The lowest BCUT2D eigenvalue weighted by atomic mass is 10.1. The predicted octanol–water partition coefficient (Wildman–Crippen LogP) is 2.27. The molecule has 0 saturated carbocycles. The number of rotatable bonds is 8. The van der Waals surface area contributed by atoms with Crippen LogP contribution in [0, 0.1) is 0 Å². The van der Waals surface area contributed by atoms with Gasteiger partial charge in [0.05, 0.1) is 12.2 Å². The number of fused-ring (bicyclic) bond motifs is 1. The number of anilines is 1. The lowest BCUT2D eigenvalue weighted by Crippen LogP contribution is -2.30. The average Bonchev–Trinajstić information content (AvgIpc) is 2.49. The first-order valence-corrected chi connectivity index (χ1v) is 7.65. The molecule has 1 unspecified atom stereocenters. The van der Waals surface area contributed by atoms with Crippen LogP contribution >= 0.6 is 0 Å². The van der Waals surface area contributed by atoms with E-state index in [1.807, 2.05) is 6.07 Å². The monoisotopic (exact) mass is 292 g/mol. The van der Waals surface area contributed by atoms with Gasteiger partial charge in [0.15, 0.2) is 0 Å². The summed E-state index contributed by atoms with van der Waals surface area (Å²) in [5.74, 6) is 0.203. The van der Waals surface area contributed by atoms with Gasteiger partial charge in [-0.1, -0.05) is 13.0 Å². The SMILES string of the molecule is CCC1CNc2cc(CCNCCCC(=O)O)ccc2O1. The van der Waals surface area contributed by atoms with Gasteiger partial charge in [-0.15, -0.1) is 0 Å². The van der Waals surface area contributed by atoms with Crippen molar-refractivity contribution in [2.45, 2.75) is 38.7 Å². The fourth-order valence-electron chi connectivity index (χ4n) is 2.37. The number of carboxylic acid groups (broad SMARTS) is 1. The van der Waals surface area contributed by atoms with E-state index in [4.69, 9.17) is 9.84 Å². The Hall–Kier alpha value is -1.75. The molecule has 0 radical (unpaired) electrons. The molecule has 5 nitrogen and oxygen atoms in total. The smallest absolute Gasteiger partial charge is 0.303 e. The third kappa shape index (κ3) is 4.93. The van der Waals surface area contributed by atoms with Crippen LogP contribution in [-0.2, 0) is 11.2 Å². The lowest BCUT2D eigenvalue weighted by molar-refractivity contribution is -0.137. The van der Waals surface area contributed by atoms with E-state index in [0.717, 1.165) is 43.9 Å². The second-order valence-electron chi connectivity index (χ2n) is 5.36. The highest BCUT2D eigenvalue weighted by molar-refractivity contribution is 5.66. The average molecular weight is 292 g/mol. The van der Waals surface area contributed by atoms with E-state index in [-0.39, 0.29) is 12.5 Å². The van der Waals surface area contributed by atoms with Crippen LogP contribution in [0.4, 0.5) is 5.69 Å². The van der Waals surface area contributed by atoms with Gasteiger partial charge in [-0.25, -0.2) is 0 Å². The lowest BCUT2D eigenvalue weighted by Gasteiger charge is -2.27. The Morgan fingerprint density at radius 2 is 2.33 bits per heavy atom. The molecule has 0 spiro atoms. The van der Waals surface area contributed by atoms with Gasteiger partial charge in [0, 0.05) is 6.42 Å². The molecule has 1 heterocycles. The molecule has 0 aliphatic carbocycles. The summed E-state index contributed by atoms with van der Waals surface area (Å²) in [6, 6.07) is 6.27. The van der Waals surface area contributed by atoms with Crippen molar-refractivity contribution in [3.8, 4) is 5.75 Å². The molecule has 1 atom stereocenters. The molecule has 0 aromatic heterocycles. The van der Waals surface area contributed by atoms with E-state index in [1.54, 1.807) is 0 Å². The van der Waals surface area contributed by atoms with E-state index < -0.39 is 5.97 Å². The Morgan fingerprint density at radius 3 is 3.10 bits per heavy atom. The van der Waals surface area contributed by atoms with Crippen LogP contribution in [0.25, 0.3) is 0 Å². The first kappa shape index (κ1) is 15.6. The summed E-state index contributed by atoms with van der Waals surface area (Å²) >= 11 is 0. The Morgan fingerprint density at radius 1 is 1.48 bits per heavy atom. The van der Waals surface area contributed by atoms with E-state index in [2.05, 4.69) is 29.7 Å². The highest BCUT2D eigenvalue weighted by Gasteiger charge is 2.17. The second-order valence-corrected chi connectivity index (χ2v) is 5.36. The molecule has 21 heavy (non-hydrogen) atoms. The summed E-state index contributed by atoms with van der Waals surface area (Å²) < 4.78 is 5.88. The van der Waals surface area contributed by atoms with Gasteiger partial charge in [0.1, 0.15) is 11.9 Å². The summed E-state index contributed by atoms with van der Waals surface area (Å²) in [5, 5.41) is 15.2. The van der Waals surface area contributed by atoms with Gasteiger partial charge in [0.25, 0.3) is 0 Å². The zero-order chi connectivity index (χ0) is 15.1. The maximum absolute atomic E-state index is 10.4. The van der Waals surface area contributed by atoms with Crippen LogP contribution in [0.5, 0.6) is 5.75 Å². The number of hydrogen-bond donors (Lipinski definition) is 3. The third-order valence-corrected chi connectivity index (χ3v) is 3.65.